The maximum Gasteiger partial charge on any atom is 0.199 e. The largest absolute Gasteiger partial charge is 0.374 e. The zero-order valence-corrected chi connectivity index (χ0v) is 27.6. The number of rotatable bonds is 6. The van der Waals surface area contributed by atoms with Crippen LogP contribution in [0.25, 0.3) is 6.08 Å². The van der Waals surface area contributed by atoms with E-state index in [1.54, 1.807) is 6.08 Å². The van der Waals surface area contributed by atoms with Crippen molar-refractivity contribution < 1.29 is 4.79 Å². The molecule has 0 fully saturated rings. The molecule has 10 nitrogen and oxygen atoms in total. The standard InChI is InChI=1S/C7H10N2S.C6H8N2OS.C5H7BrN2S.C5H9N3S/c1-4-6-8-7(5(2)3)9-10-6;1-4(2)6-7-5(3-9)10-8-6;2*1-3(2)4-7-5(6)9-8-4/h4-5H,1H2,2-3H3;3-4H,1-2H3;3H,1-2H3;3H,1-2H3,(H2,6,7,8). The fourth-order valence-corrected chi connectivity index (χ4v) is 4.82. The number of nitrogen functional groups attached to an aromatic ring is 1. The van der Waals surface area contributed by atoms with Crippen LogP contribution < -0.4 is 5.73 Å². The first-order chi connectivity index (χ1) is 17.9. The summed E-state index contributed by atoms with van der Waals surface area (Å²) in [7, 11) is 0. The molecule has 4 rings (SSSR count). The number of hydrogen-bond donors (Lipinski definition) is 1. The highest BCUT2D eigenvalue weighted by Crippen LogP contribution is 2.17. The number of nitrogens with zero attached hydrogens (tertiary/aromatic N) is 8. The van der Waals surface area contributed by atoms with Gasteiger partial charge < -0.3 is 5.73 Å². The average molecular weight is 661 g/mol. The van der Waals surface area contributed by atoms with E-state index in [9.17, 15) is 4.79 Å². The molecular weight excluding hydrogens is 626 g/mol. The number of carbonyl (C=O) groups is 1. The van der Waals surface area contributed by atoms with Crippen molar-refractivity contribution in [2.24, 2.45) is 0 Å². The van der Waals surface area contributed by atoms with Crippen molar-refractivity contribution in [2.45, 2.75) is 79.1 Å². The molecule has 0 saturated heterocycles. The van der Waals surface area contributed by atoms with Gasteiger partial charge in [-0.3, -0.25) is 4.79 Å². The third-order valence-electron chi connectivity index (χ3n) is 4.13. The van der Waals surface area contributed by atoms with Crippen molar-refractivity contribution >= 4 is 79.6 Å². The number of aromatic nitrogens is 8. The number of hydrogen-bond acceptors (Lipinski definition) is 14. The Labute approximate surface area is 249 Å². The Morgan fingerprint density at radius 3 is 1.29 bits per heavy atom. The van der Waals surface area contributed by atoms with Crippen LogP contribution in [-0.2, 0) is 0 Å². The molecule has 0 spiro atoms. The van der Waals surface area contributed by atoms with Crippen molar-refractivity contribution in [3.63, 3.8) is 0 Å². The minimum absolute atomic E-state index is 0.310. The third kappa shape index (κ3) is 12.7. The van der Waals surface area contributed by atoms with E-state index in [0.717, 1.165) is 50.0 Å². The lowest BCUT2D eigenvalue weighted by Gasteiger charge is -1.92. The van der Waals surface area contributed by atoms with Crippen LogP contribution in [0.5, 0.6) is 0 Å². The van der Waals surface area contributed by atoms with E-state index in [-0.39, 0.29) is 0 Å². The highest BCUT2D eigenvalue weighted by molar-refractivity contribution is 9.11. The van der Waals surface area contributed by atoms with Crippen molar-refractivity contribution in [1.82, 2.24) is 37.4 Å². The fraction of sp³-hybridized carbons (Fsp3) is 0.522. The van der Waals surface area contributed by atoms with Gasteiger partial charge >= 0.3 is 0 Å². The second kappa shape index (κ2) is 17.5. The molecule has 0 atom stereocenters. The number of aldehydes is 1. The van der Waals surface area contributed by atoms with Crippen LogP contribution >= 0.6 is 62.1 Å². The SMILES string of the molecule is C=Cc1nc(C(C)C)ns1.CC(C)c1nsc(Br)n1.CC(C)c1nsc(C=O)n1.CC(C)c1nsc(N)n1. The fourth-order valence-electron chi connectivity index (χ4n) is 2.03. The minimum Gasteiger partial charge on any atom is -0.374 e. The van der Waals surface area contributed by atoms with E-state index in [4.69, 9.17) is 5.73 Å². The molecule has 0 aliphatic heterocycles. The van der Waals surface area contributed by atoms with Gasteiger partial charge in [0.15, 0.2) is 20.3 Å². The van der Waals surface area contributed by atoms with E-state index in [1.165, 1.54) is 34.6 Å². The van der Waals surface area contributed by atoms with Crippen LogP contribution in [-0.4, -0.2) is 43.7 Å². The highest BCUT2D eigenvalue weighted by atomic mass is 79.9. The molecule has 15 heteroatoms. The first kappa shape index (κ1) is 34.0. The predicted octanol–water partition coefficient (Wildman–Crippen LogP) is 7.45. The summed E-state index contributed by atoms with van der Waals surface area (Å²) < 4.78 is 17.1. The summed E-state index contributed by atoms with van der Waals surface area (Å²) in [5.74, 6) is 5.00. The summed E-state index contributed by atoms with van der Waals surface area (Å²) in [6.45, 7) is 20.0. The number of halogens is 1. The van der Waals surface area contributed by atoms with Crippen LogP contribution in [0.2, 0.25) is 0 Å². The van der Waals surface area contributed by atoms with E-state index in [0.29, 0.717) is 33.8 Å². The van der Waals surface area contributed by atoms with Crippen molar-refractivity contribution in [2.75, 3.05) is 5.73 Å². The van der Waals surface area contributed by atoms with Gasteiger partial charge in [0, 0.05) is 35.2 Å². The van der Waals surface area contributed by atoms with E-state index >= 15 is 0 Å². The number of nitrogens with two attached hydrogens (primary N) is 1. The molecule has 0 amide bonds. The van der Waals surface area contributed by atoms with Crippen LogP contribution in [0, 0.1) is 0 Å². The van der Waals surface area contributed by atoms with Gasteiger partial charge in [-0.15, -0.1) is 0 Å². The Morgan fingerprint density at radius 2 is 1.05 bits per heavy atom. The lowest BCUT2D eigenvalue weighted by atomic mass is 10.2. The zero-order valence-electron chi connectivity index (χ0n) is 22.7. The molecule has 0 radical (unpaired) electrons. The second-order valence-corrected chi connectivity index (χ2v) is 13.2. The third-order valence-corrected chi connectivity index (χ3v) is 7.20. The lowest BCUT2D eigenvalue weighted by Crippen LogP contribution is -1.90. The quantitative estimate of drug-likeness (QED) is 0.207. The summed E-state index contributed by atoms with van der Waals surface area (Å²) in [6, 6.07) is 0. The monoisotopic (exact) mass is 659 g/mol. The van der Waals surface area contributed by atoms with Gasteiger partial charge in [0.1, 0.15) is 28.3 Å². The first-order valence-corrected chi connectivity index (χ1v) is 15.6. The number of carbonyl (C=O) groups excluding carboxylic acids is 1. The maximum absolute atomic E-state index is 10.2. The molecule has 0 saturated carbocycles. The normalized spacial score (nSPS) is 10.4. The summed E-state index contributed by atoms with van der Waals surface area (Å²) in [6.07, 6.45) is 2.45. The lowest BCUT2D eigenvalue weighted by molar-refractivity contribution is 0.112. The van der Waals surface area contributed by atoms with E-state index < -0.39 is 0 Å². The first-order valence-electron chi connectivity index (χ1n) is 11.7. The zero-order chi connectivity index (χ0) is 28.8. The van der Waals surface area contributed by atoms with Crippen molar-refractivity contribution in [1.29, 1.82) is 0 Å². The summed E-state index contributed by atoms with van der Waals surface area (Å²) in [5.41, 5.74) is 5.36. The summed E-state index contributed by atoms with van der Waals surface area (Å²) >= 11 is 8.43. The van der Waals surface area contributed by atoms with Crippen LogP contribution in [0.4, 0.5) is 5.13 Å². The molecule has 0 aliphatic rings. The predicted molar refractivity (Wildman–Crippen MR) is 164 cm³/mol. The average Bonchev–Trinajstić information content (AvgIpc) is 3.66. The van der Waals surface area contributed by atoms with Gasteiger partial charge in [-0.25, -0.2) is 19.9 Å². The molecule has 4 heterocycles. The van der Waals surface area contributed by atoms with Crippen LogP contribution in [0.1, 0.15) is 117 Å². The van der Waals surface area contributed by atoms with Gasteiger partial charge in [-0.05, 0) is 56.6 Å². The van der Waals surface area contributed by atoms with Gasteiger partial charge in [-0.1, -0.05) is 62.0 Å². The number of anilines is 1. The molecule has 2 N–H and O–H groups in total. The smallest absolute Gasteiger partial charge is 0.199 e. The highest BCUT2D eigenvalue weighted by Gasteiger charge is 2.06. The summed E-state index contributed by atoms with van der Waals surface area (Å²) in [5, 5.41) is 1.92. The molecule has 4 aromatic heterocycles. The molecule has 0 unspecified atom stereocenters. The minimum atomic E-state index is 0.310. The molecule has 0 aromatic carbocycles. The van der Waals surface area contributed by atoms with Gasteiger partial charge in [0.05, 0.1) is 0 Å². The molecular formula is C23H34BrN9OS4. The topological polar surface area (TPSA) is 146 Å². The van der Waals surface area contributed by atoms with E-state index in [1.807, 2.05) is 27.7 Å². The van der Waals surface area contributed by atoms with Gasteiger partial charge in [-0.2, -0.15) is 17.5 Å². The Hall–Kier alpha value is -2.07. The molecule has 38 heavy (non-hydrogen) atoms. The van der Waals surface area contributed by atoms with Crippen LogP contribution in [0.3, 0.4) is 0 Å². The Morgan fingerprint density at radius 1 is 0.658 bits per heavy atom. The molecule has 4 aromatic rings. The van der Waals surface area contributed by atoms with Gasteiger partial charge in [0.25, 0.3) is 0 Å². The molecule has 208 valence electrons. The van der Waals surface area contributed by atoms with Gasteiger partial charge in [0.2, 0.25) is 0 Å². The van der Waals surface area contributed by atoms with Crippen molar-refractivity contribution in [3.8, 4) is 0 Å². The Kier molecular flexibility index (Phi) is 15.6. The molecule has 0 bridgehead atoms. The maximum atomic E-state index is 10.2. The Balaban J connectivity index is 0.000000254. The summed E-state index contributed by atoms with van der Waals surface area (Å²) in [4.78, 5) is 26.5. The van der Waals surface area contributed by atoms with Crippen molar-refractivity contribution in [3.05, 3.63) is 43.8 Å². The van der Waals surface area contributed by atoms with Crippen LogP contribution in [0.15, 0.2) is 10.5 Å². The molecule has 0 aliphatic carbocycles. The Bertz CT molecular complexity index is 1140. The van der Waals surface area contributed by atoms with E-state index in [2.05, 4.69) is 87.6 Å². The second-order valence-electron chi connectivity index (χ2n) is 8.82.